The molecule has 3 aromatic carbocycles. The normalized spacial score (nSPS) is 12.1. The molecule has 1 aromatic heterocycles. The summed E-state index contributed by atoms with van der Waals surface area (Å²) in [6.07, 6.45) is 1.54. The van der Waals surface area contributed by atoms with E-state index in [0.717, 1.165) is 33.3 Å². The largest absolute Gasteiger partial charge is 0.360 e. The van der Waals surface area contributed by atoms with Crippen molar-refractivity contribution in [2.75, 3.05) is 5.32 Å². The number of amides is 3. The Morgan fingerprint density at radius 3 is 2.08 bits per heavy atom. The van der Waals surface area contributed by atoms with Crippen LogP contribution in [0, 0.1) is 0 Å². The van der Waals surface area contributed by atoms with Crippen LogP contribution >= 0.6 is 0 Å². The van der Waals surface area contributed by atoms with Gasteiger partial charge < -0.3 is 20.9 Å². The minimum Gasteiger partial charge on any atom is -0.360 e. The van der Waals surface area contributed by atoms with Crippen molar-refractivity contribution in [3.63, 3.8) is 0 Å². The van der Waals surface area contributed by atoms with Crippen LogP contribution in [0.3, 0.4) is 0 Å². The summed E-state index contributed by atoms with van der Waals surface area (Å²) in [7, 11) is 0. The first-order chi connectivity index (χ1) is 17.3. The number of urea groups is 1. The smallest absolute Gasteiger partial charge is 0.320 e. The summed E-state index contributed by atoms with van der Waals surface area (Å²) in [5.41, 5.74) is 5.43. The Labute approximate surface area is 212 Å². The summed E-state index contributed by atoms with van der Waals surface area (Å²) < 4.78 is 0. The van der Waals surface area contributed by atoms with E-state index in [9.17, 15) is 9.59 Å². The average molecular weight is 483 g/mol. The maximum Gasteiger partial charge on any atom is 0.320 e. The highest BCUT2D eigenvalue weighted by atomic mass is 16.2. The van der Waals surface area contributed by atoms with Gasteiger partial charge >= 0.3 is 6.03 Å². The van der Waals surface area contributed by atoms with Gasteiger partial charge in [0.15, 0.2) is 0 Å². The molecule has 1 atom stereocenters. The zero-order valence-corrected chi connectivity index (χ0v) is 21.3. The molecule has 3 amide bonds. The minimum absolute atomic E-state index is 0.251. The molecule has 0 aliphatic heterocycles. The third-order valence-electron chi connectivity index (χ3n) is 6.34. The topological polar surface area (TPSA) is 86.0 Å². The number of anilines is 1. The highest BCUT2D eigenvalue weighted by Crippen LogP contribution is 2.32. The fraction of sp³-hybridized carbons (Fsp3) is 0.267. The van der Waals surface area contributed by atoms with Crippen LogP contribution < -0.4 is 16.0 Å². The molecule has 36 heavy (non-hydrogen) atoms. The van der Waals surface area contributed by atoms with Gasteiger partial charge in [-0.05, 0) is 34.6 Å². The molecule has 0 spiro atoms. The van der Waals surface area contributed by atoms with Crippen LogP contribution in [0.15, 0.2) is 79.0 Å². The monoisotopic (exact) mass is 482 g/mol. The molecule has 4 rings (SSSR count). The Morgan fingerprint density at radius 1 is 0.778 bits per heavy atom. The van der Waals surface area contributed by atoms with Gasteiger partial charge in [-0.1, -0.05) is 94.4 Å². The standard InChI is InChI=1S/C30H34N4O2/c1-19(2)22-14-10-15-23(20(3)4)28(22)34-30(36)33-27(17-21-11-6-5-7-12-21)32-29(35)25-18-31-26-16-9-8-13-24(25)26/h5-16,18-20,27,31H,17H2,1-4H3,(H,32,35)(H2,33,34,36). The number of hydrogen-bond acceptors (Lipinski definition) is 2. The molecule has 0 saturated carbocycles. The molecule has 0 bridgehead atoms. The SMILES string of the molecule is CC(C)c1cccc(C(C)C)c1NC(=O)NC(Cc1ccccc1)NC(=O)c1c[nH]c2ccccc12. The van der Waals surface area contributed by atoms with Crippen molar-refractivity contribution < 1.29 is 9.59 Å². The lowest BCUT2D eigenvalue weighted by Crippen LogP contribution is -2.50. The van der Waals surface area contributed by atoms with Crippen molar-refractivity contribution in [3.8, 4) is 0 Å². The van der Waals surface area contributed by atoms with Crippen molar-refractivity contribution in [3.05, 3.63) is 101 Å². The molecule has 0 aliphatic rings. The molecule has 4 N–H and O–H groups in total. The maximum absolute atomic E-state index is 13.3. The van der Waals surface area contributed by atoms with E-state index in [0.29, 0.717) is 12.0 Å². The summed E-state index contributed by atoms with van der Waals surface area (Å²) >= 11 is 0. The molecule has 186 valence electrons. The van der Waals surface area contributed by atoms with Gasteiger partial charge in [0, 0.05) is 29.2 Å². The van der Waals surface area contributed by atoms with Crippen molar-refractivity contribution in [2.24, 2.45) is 0 Å². The second kappa shape index (κ2) is 11.1. The van der Waals surface area contributed by atoms with Gasteiger partial charge in [-0.3, -0.25) is 4.79 Å². The predicted molar refractivity (Wildman–Crippen MR) is 146 cm³/mol. The number of rotatable bonds is 8. The summed E-state index contributed by atoms with van der Waals surface area (Å²) in [5.74, 6) is 0.250. The molecule has 4 aromatic rings. The van der Waals surface area contributed by atoms with E-state index >= 15 is 0 Å². The fourth-order valence-corrected chi connectivity index (χ4v) is 4.49. The number of aromatic nitrogens is 1. The Bertz CT molecular complexity index is 1320. The van der Waals surface area contributed by atoms with Gasteiger partial charge in [0.05, 0.1) is 5.56 Å². The van der Waals surface area contributed by atoms with Crippen LogP contribution in [-0.4, -0.2) is 23.1 Å². The second-order valence-electron chi connectivity index (χ2n) is 9.68. The van der Waals surface area contributed by atoms with Crippen LogP contribution in [0.5, 0.6) is 0 Å². The zero-order valence-electron chi connectivity index (χ0n) is 21.3. The van der Waals surface area contributed by atoms with Gasteiger partial charge in [0.25, 0.3) is 5.91 Å². The first kappa shape index (κ1) is 25.0. The van der Waals surface area contributed by atoms with Gasteiger partial charge in [-0.2, -0.15) is 0 Å². The second-order valence-corrected chi connectivity index (χ2v) is 9.68. The number of nitrogens with one attached hydrogen (secondary N) is 4. The number of carbonyl (C=O) groups is 2. The Kier molecular flexibility index (Phi) is 7.74. The Hall–Kier alpha value is -4.06. The zero-order chi connectivity index (χ0) is 25.7. The van der Waals surface area contributed by atoms with Gasteiger partial charge in [-0.15, -0.1) is 0 Å². The molecular weight excluding hydrogens is 448 g/mol. The molecule has 6 heteroatoms. The lowest BCUT2D eigenvalue weighted by Gasteiger charge is -2.24. The first-order valence-corrected chi connectivity index (χ1v) is 12.4. The van der Waals surface area contributed by atoms with Gasteiger partial charge in [0.2, 0.25) is 0 Å². The van der Waals surface area contributed by atoms with E-state index in [1.165, 1.54) is 0 Å². The molecule has 0 fully saturated rings. The van der Waals surface area contributed by atoms with Gasteiger partial charge in [0.1, 0.15) is 6.17 Å². The van der Waals surface area contributed by atoms with Gasteiger partial charge in [-0.25, -0.2) is 4.79 Å². The molecule has 0 aliphatic carbocycles. The van der Waals surface area contributed by atoms with E-state index in [-0.39, 0.29) is 23.8 Å². The summed E-state index contributed by atoms with van der Waals surface area (Å²) in [4.78, 5) is 29.6. The Balaban J connectivity index is 1.57. The number of H-pyrrole nitrogens is 1. The summed E-state index contributed by atoms with van der Waals surface area (Å²) in [5, 5.41) is 9.94. The quantitative estimate of drug-likeness (QED) is 0.215. The summed E-state index contributed by atoms with van der Waals surface area (Å²) in [6.45, 7) is 8.45. The number of carbonyl (C=O) groups excluding carboxylic acids is 2. The van der Waals surface area contributed by atoms with Crippen LogP contribution in [0.1, 0.15) is 66.6 Å². The van der Waals surface area contributed by atoms with Crippen molar-refractivity contribution >= 4 is 28.5 Å². The molecule has 1 heterocycles. The maximum atomic E-state index is 13.3. The lowest BCUT2D eigenvalue weighted by molar-refractivity contribution is 0.0934. The highest BCUT2D eigenvalue weighted by Gasteiger charge is 2.21. The van der Waals surface area contributed by atoms with Crippen LogP contribution in [0.25, 0.3) is 10.9 Å². The Morgan fingerprint density at radius 2 is 1.42 bits per heavy atom. The van der Waals surface area contributed by atoms with Crippen LogP contribution in [0.4, 0.5) is 10.5 Å². The van der Waals surface area contributed by atoms with E-state index in [1.54, 1.807) is 6.20 Å². The molecule has 6 nitrogen and oxygen atoms in total. The fourth-order valence-electron chi connectivity index (χ4n) is 4.49. The van der Waals surface area contributed by atoms with E-state index < -0.39 is 6.17 Å². The number of benzene rings is 3. The third kappa shape index (κ3) is 5.77. The predicted octanol–water partition coefficient (Wildman–Crippen LogP) is 6.54. The third-order valence-corrected chi connectivity index (χ3v) is 6.34. The minimum atomic E-state index is -0.609. The van der Waals surface area contributed by atoms with Crippen LogP contribution in [0.2, 0.25) is 0 Å². The number of fused-ring (bicyclic) bond motifs is 1. The first-order valence-electron chi connectivity index (χ1n) is 12.4. The lowest BCUT2D eigenvalue weighted by atomic mass is 9.93. The average Bonchev–Trinajstić information content (AvgIpc) is 3.29. The van der Waals surface area contributed by atoms with Crippen molar-refractivity contribution in [1.82, 2.24) is 15.6 Å². The van der Waals surface area contributed by atoms with E-state index in [4.69, 9.17) is 0 Å². The molecular formula is C30H34N4O2. The molecule has 0 radical (unpaired) electrons. The van der Waals surface area contributed by atoms with Crippen LogP contribution in [-0.2, 0) is 6.42 Å². The molecule has 1 unspecified atom stereocenters. The van der Waals surface area contributed by atoms with Crippen molar-refractivity contribution in [1.29, 1.82) is 0 Å². The number of hydrogen-bond donors (Lipinski definition) is 4. The van der Waals surface area contributed by atoms with Crippen molar-refractivity contribution in [2.45, 2.75) is 52.1 Å². The van der Waals surface area contributed by atoms with E-state index in [2.05, 4.69) is 48.6 Å². The van der Waals surface area contributed by atoms with E-state index in [1.807, 2.05) is 72.8 Å². The highest BCUT2D eigenvalue weighted by molar-refractivity contribution is 6.07. The molecule has 0 saturated heterocycles. The number of para-hydroxylation sites is 2. The number of aromatic amines is 1. The summed E-state index contributed by atoms with van der Waals surface area (Å²) in [6, 6.07) is 23.2.